The van der Waals surface area contributed by atoms with Gasteiger partial charge in [-0.05, 0) is 30.2 Å². The quantitative estimate of drug-likeness (QED) is 0.311. The summed E-state index contributed by atoms with van der Waals surface area (Å²) in [6.07, 6.45) is 0.959. The van der Waals surface area contributed by atoms with Crippen LogP contribution in [-0.2, 0) is 5.75 Å². The van der Waals surface area contributed by atoms with Crippen molar-refractivity contribution in [3.63, 3.8) is 0 Å². The van der Waals surface area contributed by atoms with Crippen LogP contribution in [0.5, 0.6) is 0 Å². The fourth-order valence-electron chi connectivity index (χ4n) is 1.27. The first kappa shape index (κ1) is 12.0. The molecule has 0 saturated heterocycles. The van der Waals surface area contributed by atoms with E-state index in [1.54, 1.807) is 0 Å². The Balaban J connectivity index is 2.17. The molecule has 1 aromatic carbocycles. The second-order valence-electron chi connectivity index (χ2n) is 3.35. The summed E-state index contributed by atoms with van der Waals surface area (Å²) in [5.41, 5.74) is 10.8. The third-order valence-corrected chi connectivity index (χ3v) is 3.08. The highest BCUT2D eigenvalue weighted by atomic mass is 32.2. The van der Waals surface area contributed by atoms with Crippen molar-refractivity contribution >= 4 is 11.8 Å². The van der Waals surface area contributed by atoms with Gasteiger partial charge in [0.2, 0.25) is 0 Å². The Morgan fingerprint density at radius 2 is 2.33 bits per heavy atom. The number of aryl methyl sites for hydroxylation is 1. The van der Waals surface area contributed by atoms with Crippen LogP contribution in [0.4, 0.5) is 0 Å². The maximum Gasteiger partial charge on any atom is 0.0265 e. The van der Waals surface area contributed by atoms with E-state index in [0.717, 1.165) is 17.9 Å². The zero-order chi connectivity index (χ0) is 10.9. The molecule has 0 N–H and O–H groups in total. The number of thioether (sulfide) groups is 1. The molecule has 3 nitrogen and oxygen atoms in total. The van der Waals surface area contributed by atoms with E-state index in [-0.39, 0.29) is 0 Å². The number of hydrogen-bond donors (Lipinski definition) is 0. The number of hydrogen-bond acceptors (Lipinski definition) is 2. The number of benzene rings is 1. The minimum absolute atomic E-state index is 0.608. The van der Waals surface area contributed by atoms with Crippen LogP contribution in [0.3, 0.4) is 0 Å². The largest absolute Gasteiger partial charge is 0.157 e. The summed E-state index contributed by atoms with van der Waals surface area (Å²) in [5.74, 6) is 2.09. The molecule has 0 fully saturated rings. The molecule has 15 heavy (non-hydrogen) atoms. The Labute approximate surface area is 94.5 Å². The first-order valence-electron chi connectivity index (χ1n) is 4.97. The molecule has 0 aliphatic heterocycles. The van der Waals surface area contributed by atoms with Crippen molar-refractivity contribution in [2.75, 3.05) is 12.3 Å². The summed E-state index contributed by atoms with van der Waals surface area (Å²) < 4.78 is 0. The zero-order valence-electron chi connectivity index (χ0n) is 8.89. The van der Waals surface area contributed by atoms with E-state index in [1.807, 2.05) is 11.8 Å². The van der Waals surface area contributed by atoms with E-state index in [2.05, 4.69) is 41.2 Å². The second kappa shape index (κ2) is 7.21. The van der Waals surface area contributed by atoms with E-state index in [1.165, 1.54) is 11.1 Å². The molecule has 0 bridgehead atoms. The molecule has 0 atom stereocenters. The summed E-state index contributed by atoms with van der Waals surface area (Å²) in [6, 6.07) is 8.55. The van der Waals surface area contributed by atoms with Gasteiger partial charge in [0.1, 0.15) is 0 Å². The molecule has 0 radical (unpaired) electrons. The summed E-state index contributed by atoms with van der Waals surface area (Å²) in [7, 11) is 0. The molecule has 1 rings (SSSR count). The maximum atomic E-state index is 8.08. The molecule has 4 heteroatoms. The van der Waals surface area contributed by atoms with Crippen molar-refractivity contribution in [1.82, 2.24) is 0 Å². The molecule has 0 amide bonds. The molecule has 0 aromatic heterocycles. The first-order chi connectivity index (χ1) is 7.33. The van der Waals surface area contributed by atoms with Crippen LogP contribution in [0.15, 0.2) is 29.4 Å². The van der Waals surface area contributed by atoms with Crippen molar-refractivity contribution in [3.05, 3.63) is 45.8 Å². The highest BCUT2D eigenvalue weighted by Crippen LogP contribution is 2.14. The molecular formula is C11H15N3S. The van der Waals surface area contributed by atoms with Crippen LogP contribution in [0.2, 0.25) is 0 Å². The van der Waals surface area contributed by atoms with E-state index >= 15 is 0 Å². The number of nitrogens with zero attached hydrogens (tertiary/aromatic N) is 3. The summed E-state index contributed by atoms with van der Waals surface area (Å²) >= 11 is 1.88. The lowest BCUT2D eigenvalue weighted by molar-refractivity contribution is 0.931. The summed E-state index contributed by atoms with van der Waals surface area (Å²) in [5, 5.41) is 3.50. The SMILES string of the molecule is Cc1cccc(CSCCCN=[N+]=[N-])c1. The molecule has 0 saturated carbocycles. The van der Waals surface area contributed by atoms with E-state index in [0.29, 0.717) is 6.54 Å². The second-order valence-corrected chi connectivity index (χ2v) is 4.45. The highest BCUT2D eigenvalue weighted by molar-refractivity contribution is 7.98. The van der Waals surface area contributed by atoms with Crippen LogP contribution in [-0.4, -0.2) is 12.3 Å². The lowest BCUT2D eigenvalue weighted by atomic mass is 10.2. The molecule has 0 aliphatic carbocycles. The van der Waals surface area contributed by atoms with Gasteiger partial charge in [-0.3, -0.25) is 0 Å². The molecule has 0 aliphatic rings. The number of rotatable bonds is 6. The number of azide groups is 1. The van der Waals surface area contributed by atoms with Crippen LogP contribution < -0.4 is 0 Å². The standard InChI is InChI=1S/C11H15N3S/c1-10-4-2-5-11(8-10)9-15-7-3-6-13-14-12/h2,4-5,8H,3,6-7,9H2,1H3. The maximum absolute atomic E-state index is 8.08. The van der Waals surface area contributed by atoms with Crippen molar-refractivity contribution in [2.45, 2.75) is 19.1 Å². The highest BCUT2D eigenvalue weighted by Gasteiger charge is 1.93. The minimum atomic E-state index is 0.608. The Morgan fingerprint density at radius 1 is 1.47 bits per heavy atom. The molecular weight excluding hydrogens is 206 g/mol. The smallest absolute Gasteiger partial charge is 0.0265 e. The molecule has 0 spiro atoms. The van der Waals surface area contributed by atoms with Crippen molar-refractivity contribution in [3.8, 4) is 0 Å². The van der Waals surface area contributed by atoms with Crippen LogP contribution in [0.1, 0.15) is 17.5 Å². The molecule has 1 aromatic rings. The van der Waals surface area contributed by atoms with Crippen molar-refractivity contribution < 1.29 is 0 Å². The predicted molar refractivity (Wildman–Crippen MR) is 66.0 cm³/mol. The average Bonchev–Trinajstić information content (AvgIpc) is 2.23. The first-order valence-corrected chi connectivity index (χ1v) is 6.12. The van der Waals surface area contributed by atoms with Gasteiger partial charge in [0.15, 0.2) is 0 Å². The zero-order valence-corrected chi connectivity index (χ0v) is 9.70. The van der Waals surface area contributed by atoms with Gasteiger partial charge >= 0.3 is 0 Å². The lowest BCUT2D eigenvalue weighted by Crippen LogP contribution is -1.86. The summed E-state index contributed by atoms with van der Waals surface area (Å²) in [6.45, 7) is 2.72. The van der Waals surface area contributed by atoms with Gasteiger partial charge < -0.3 is 0 Å². The van der Waals surface area contributed by atoms with Gasteiger partial charge in [-0.1, -0.05) is 34.9 Å². The van der Waals surface area contributed by atoms with Crippen LogP contribution >= 0.6 is 11.8 Å². The average molecular weight is 221 g/mol. The van der Waals surface area contributed by atoms with Crippen molar-refractivity contribution in [1.29, 1.82) is 0 Å². The van der Waals surface area contributed by atoms with Crippen LogP contribution in [0.25, 0.3) is 10.4 Å². The fraction of sp³-hybridized carbons (Fsp3) is 0.455. The van der Waals surface area contributed by atoms with Gasteiger partial charge in [-0.2, -0.15) is 11.8 Å². The Bertz CT molecular complexity index is 345. The molecule has 0 unspecified atom stereocenters. The lowest BCUT2D eigenvalue weighted by Gasteiger charge is -2.01. The van der Waals surface area contributed by atoms with E-state index in [9.17, 15) is 0 Å². The Hall–Kier alpha value is -1.12. The van der Waals surface area contributed by atoms with Gasteiger partial charge in [0.25, 0.3) is 0 Å². The summed E-state index contributed by atoms with van der Waals surface area (Å²) in [4.78, 5) is 2.72. The third kappa shape index (κ3) is 5.35. The molecule has 80 valence electrons. The van der Waals surface area contributed by atoms with Crippen LogP contribution in [0, 0.1) is 6.92 Å². The predicted octanol–water partition coefficient (Wildman–Crippen LogP) is 3.93. The van der Waals surface area contributed by atoms with E-state index in [4.69, 9.17) is 5.53 Å². The van der Waals surface area contributed by atoms with Gasteiger partial charge in [-0.25, -0.2) is 0 Å². The van der Waals surface area contributed by atoms with E-state index < -0.39 is 0 Å². The Morgan fingerprint density at radius 3 is 3.07 bits per heavy atom. The molecule has 0 heterocycles. The normalized spacial score (nSPS) is 9.67. The topological polar surface area (TPSA) is 48.8 Å². The van der Waals surface area contributed by atoms with Gasteiger partial charge in [-0.15, -0.1) is 0 Å². The minimum Gasteiger partial charge on any atom is -0.157 e. The fourth-order valence-corrected chi connectivity index (χ4v) is 2.17. The third-order valence-electron chi connectivity index (χ3n) is 1.96. The van der Waals surface area contributed by atoms with Gasteiger partial charge in [0, 0.05) is 17.2 Å². The Kier molecular flexibility index (Phi) is 5.74. The van der Waals surface area contributed by atoms with Crippen molar-refractivity contribution in [2.24, 2.45) is 5.11 Å². The van der Waals surface area contributed by atoms with Gasteiger partial charge in [0.05, 0.1) is 0 Å². The monoisotopic (exact) mass is 221 g/mol.